The van der Waals surface area contributed by atoms with E-state index in [9.17, 15) is 4.79 Å². The molecule has 0 radical (unpaired) electrons. The summed E-state index contributed by atoms with van der Waals surface area (Å²) in [5, 5.41) is 5.31. The molecule has 0 aliphatic carbocycles. The number of methoxy groups -OCH3 is 1. The number of aryl methyl sites for hydroxylation is 1. The van der Waals surface area contributed by atoms with Crippen molar-refractivity contribution in [3.05, 3.63) is 27.5 Å². The Morgan fingerprint density at radius 1 is 1.53 bits per heavy atom. The molecule has 0 aliphatic heterocycles. The van der Waals surface area contributed by atoms with Gasteiger partial charge in [-0.2, -0.15) is 5.10 Å². The summed E-state index contributed by atoms with van der Waals surface area (Å²) in [7, 11) is 3.23. The van der Waals surface area contributed by atoms with E-state index in [2.05, 4.69) is 32.4 Å². The van der Waals surface area contributed by atoms with Crippen molar-refractivity contribution >= 4 is 39.5 Å². The van der Waals surface area contributed by atoms with E-state index in [1.807, 2.05) is 13.1 Å². The first-order valence-corrected chi connectivity index (χ1v) is 5.42. The van der Waals surface area contributed by atoms with Crippen molar-refractivity contribution in [1.29, 1.82) is 0 Å². The highest BCUT2D eigenvalue weighted by Crippen LogP contribution is 2.21. The molecule has 2 rings (SSSR count). The minimum Gasteiger partial charge on any atom is -0.465 e. The summed E-state index contributed by atoms with van der Waals surface area (Å²) >= 11 is 2.17. The number of nitrogens with zero attached hydrogens (tertiary/aromatic N) is 2. The molecular formula is C10H9IN2O2. The van der Waals surface area contributed by atoms with Gasteiger partial charge in [-0.05, 0) is 40.8 Å². The Bertz CT molecular complexity index is 533. The third kappa shape index (κ3) is 1.71. The molecular weight excluding hydrogens is 307 g/mol. The van der Waals surface area contributed by atoms with Crippen molar-refractivity contribution in [2.24, 2.45) is 7.05 Å². The van der Waals surface area contributed by atoms with Crippen LogP contribution in [-0.2, 0) is 11.8 Å². The van der Waals surface area contributed by atoms with E-state index in [1.165, 1.54) is 7.11 Å². The van der Waals surface area contributed by atoms with Gasteiger partial charge in [0.1, 0.15) is 3.70 Å². The monoisotopic (exact) mass is 316 g/mol. The molecule has 0 aliphatic rings. The molecule has 0 unspecified atom stereocenters. The van der Waals surface area contributed by atoms with Crippen molar-refractivity contribution in [3.63, 3.8) is 0 Å². The average molecular weight is 316 g/mol. The molecule has 0 saturated heterocycles. The standard InChI is InChI=1S/C10H9IN2O2/c1-13-8-5-6(10(14)15-2)3-4-7(8)9(11)12-13/h3-5H,1-2H3. The molecule has 0 atom stereocenters. The lowest BCUT2D eigenvalue weighted by molar-refractivity contribution is 0.0601. The Hall–Kier alpha value is -1.11. The van der Waals surface area contributed by atoms with Crippen LogP contribution in [0.2, 0.25) is 0 Å². The minimum atomic E-state index is -0.326. The highest BCUT2D eigenvalue weighted by atomic mass is 127. The summed E-state index contributed by atoms with van der Waals surface area (Å²) in [6.45, 7) is 0. The number of hydrogen-bond donors (Lipinski definition) is 0. The zero-order valence-electron chi connectivity index (χ0n) is 8.32. The number of aromatic nitrogens is 2. The van der Waals surface area contributed by atoms with Crippen LogP contribution in [0, 0.1) is 3.70 Å². The smallest absolute Gasteiger partial charge is 0.337 e. The molecule has 5 heteroatoms. The largest absolute Gasteiger partial charge is 0.465 e. The van der Waals surface area contributed by atoms with E-state index < -0.39 is 0 Å². The third-order valence-corrected chi connectivity index (χ3v) is 3.02. The summed E-state index contributed by atoms with van der Waals surface area (Å²) < 4.78 is 7.35. The zero-order valence-corrected chi connectivity index (χ0v) is 10.5. The van der Waals surface area contributed by atoms with E-state index >= 15 is 0 Å². The predicted octanol–water partition coefficient (Wildman–Crippen LogP) is 1.96. The van der Waals surface area contributed by atoms with Crippen LogP contribution >= 0.6 is 22.6 Å². The van der Waals surface area contributed by atoms with Gasteiger partial charge >= 0.3 is 5.97 Å². The second kappa shape index (κ2) is 3.80. The Morgan fingerprint density at radius 3 is 2.93 bits per heavy atom. The third-order valence-electron chi connectivity index (χ3n) is 2.23. The van der Waals surface area contributed by atoms with E-state index in [1.54, 1.807) is 16.8 Å². The lowest BCUT2D eigenvalue weighted by Crippen LogP contribution is -2.01. The molecule has 2 aromatic rings. The first kappa shape index (κ1) is 10.4. The number of hydrogen-bond acceptors (Lipinski definition) is 3. The van der Waals surface area contributed by atoms with Crippen LogP contribution in [0.25, 0.3) is 10.9 Å². The van der Waals surface area contributed by atoms with Gasteiger partial charge in [0, 0.05) is 12.4 Å². The molecule has 0 amide bonds. The van der Waals surface area contributed by atoms with Gasteiger partial charge in [0.15, 0.2) is 0 Å². The van der Waals surface area contributed by atoms with Crippen LogP contribution < -0.4 is 0 Å². The minimum absolute atomic E-state index is 0.326. The van der Waals surface area contributed by atoms with Crippen molar-refractivity contribution in [2.45, 2.75) is 0 Å². The number of esters is 1. The first-order valence-electron chi connectivity index (χ1n) is 4.34. The quantitative estimate of drug-likeness (QED) is 0.597. The number of fused-ring (bicyclic) bond motifs is 1. The van der Waals surface area contributed by atoms with Gasteiger partial charge in [-0.3, -0.25) is 4.68 Å². The van der Waals surface area contributed by atoms with Crippen molar-refractivity contribution in [1.82, 2.24) is 9.78 Å². The van der Waals surface area contributed by atoms with Crippen LogP contribution in [0.5, 0.6) is 0 Å². The molecule has 78 valence electrons. The fraction of sp³-hybridized carbons (Fsp3) is 0.200. The normalized spacial score (nSPS) is 10.6. The molecule has 0 saturated carbocycles. The van der Waals surface area contributed by atoms with Gasteiger partial charge in [-0.1, -0.05) is 0 Å². The van der Waals surface area contributed by atoms with Crippen molar-refractivity contribution < 1.29 is 9.53 Å². The predicted molar refractivity (Wildman–Crippen MR) is 64.8 cm³/mol. The molecule has 1 aromatic carbocycles. The van der Waals surface area contributed by atoms with Crippen LogP contribution in [0.1, 0.15) is 10.4 Å². The number of halogens is 1. The van der Waals surface area contributed by atoms with Gasteiger partial charge in [0.05, 0.1) is 18.2 Å². The fourth-order valence-electron chi connectivity index (χ4n) is 1.46. The molecule has 1 aromatic heterocycles. The number of carbonyl (C=O) groups excluding carboxylic acids is 1. The lowest BCUT2D eigenvalue weighted by atomic mass is 10.2. The molecule has 0 spiro atoms. The SMILES string of the molecule is COC(=O)c1ccc2c(I)nn(C)c2c1. The maximum absolute atomic E-state index is 11.3. The van der Waals surface area contributed by atoms with E-state index in [0.717, 1.165) is 14.6 Å². The second-order valence-corrected chi connectivity index (χ2v) is 4.16. The highest BCUT2D eigenvalue weighted by Gasteiger charge is 2.10. The van der Waals surface area contributed by atoms with Crippen LogP contribution in [0.4, 0.5) is 0 Å². The van der Waals surface area contributed by atoms with Crippen molar-refractivity contribution in [3.8, 4) is 0 Å². The summed E-state index contributed by atoms with van der Waals surface area (Å²) in [6, 6.07) is 5.42. The first-order chi connectivity index (χ1) is 7.13. The summed E-state index contributed by atoms with van der Waals surface area (Å²) in [6.07, 6.45) is 0. The van der Waals surface area contributed by atoms with Crippen LogP contribution in [0.15, 0.2) is 18.2 Å². The topological polar surface area (TPSA) is 44.1 Å². The second-order valence-electron chi connectivity index (χ2n) is 3.14. The number of benzene rings is 1. The fourth-order valence-corrected chi connectivity index (χ4v) is 2.24. The van der Waals surface area contributed by atoms with Crippen LogP contribution in [-0.4, -0.2) is 22.9 Å². The molecule has 1 heterocycles. The van der Waals surface area contributed by atoms with E-state index in [0.29, 0.717) is 5.56 Å². The van der Waals surface area contributed by atoms with E-state index in [-0.39, 0.29) is 5.97 Å². The van der Waals surface area contributed by atoms with Crippen LogP contribution in [0.3, 0.4) is 0 Å². The summed E-state index contributed by atoms with van der Waals surface area (Å²) in [5.41, 5.74) is 1.48. The van der Waals surface area contributed by atoms with E-state index in [4.69, 9.17) is 0 Å². The molecule has 15 heavy (non-hydrogen) atoms. The van der Waals surface area contributed by atoms with Gasteiger partial charge < -0.3 is 4.74 Å². The Balaban J connectivity index is 2.65. The van der Waals surface area contributed by atoms with Crippen molar-refractivity contribution in [2.75, 3.05) is 7.11 Å². The average Bonchev–Trinajstić information content (AvgIpc) is 2.53. The number of carbonyl (C=O) groups is 1. The summed E-state index contributed by atoms with van der Waals surface area (Å²) in [5.74, 6) is -0.326. The van der Waals surface area contributed by atoms with Gasteiger partial charge in [-0.15, -0.1) is 0 Å². The molecule has 0 fully saturated rings. The molecule has 0 N–H and O–H groups in total. The van der Waals surface area contributed by atoms with Gasteiger partial charge in [-0.25, -0.2) is 4.79 Å². The highest BCUT2D eigenvalue weighted by molar-refractivity contribution is 14.1. The molecule has 4 nitrogen and oxygen atoms in total. The number of rotatable bonds is 1. The Kier molecular flexibility index (Phi) is 2.64. The lowest BCUT2D eigenvalue weighted by Gasteiger charge is -1.99. The maximum atomic E-state index is 11.3. The Morgan fingerprint density at radius 2 is 2.27 bits per heavy atom. The maximum Gasteiger partial charge on any atom is 0.337 e. The number of ether oxygens (including phenoxy) is 1. The van der Waals surface area contributed by atoms with Gasteiger partial charge in [0.25, 0.3) is 0 Å². The molecule has 0 bridgehead atoms. The summed E-state index contributed by atoms with van der Waals surface area (Å²) in [4.78, 5) is 11.3. The zero-order chi connectivity index (χ0) is 11.0. The van der Waals surface area contributed by atoms with Gasteiger partial charge in [0.2, 0.25) is 0 Å². The Labute approximate surface area is 100 Å².